The largest absolute Gasteiger partial charge is 0.490 e. The Balaban J connectivity index is 1.61. The van der Waals surface area contributed by atoms with Gasteiger partial charge >= 0.3 is 5.97 Å². The predicted octanol–water partition coefficient (Wildman–Crippen LogP) is 3.61. The highest BCUT2D eigenvalue weighted by atomic mass is 19.1. The Morgan fingerprint density at radius 3 is 2.58 bits per heavy atom. The highest BCUT2D eigenvalue weighted by molar-refractivity contribution is 5.72. The van der Waals surface area contributed by atoms with E-state index in [-0.39, 0.29) is 11.9 Å². The van der Waals surface area contributed by atoms with Gasteiger partial charge in [0.2, 0.25) is 0 Å². The number of halogens is 1. The van der Waals surface area contributed by atoms with Crippen molar-refractivity contribution in [2.24, 2.45) is 0 Å². The van der Waals surface area contributed by atoms with E-state index < -0.39 is 12.1 Å². The normalized spacial score (nSPS) is 17.7. The Morgan fingerprint density at radius 1 is 1.17 bits per heavy atom. The summed E-state index contributed by atoms with van der Waals surface area (Å²) in [6.45, 7) is 1.48. The van der Waals surface area contributed by atoms with Crippen LogP contribution in [0.3, 0.4) is 0 Å². The molecule has 0 fully saturated rings. The third kappa shape index (κ3) is 3.85. The van der Waals surface area contributed by atoms with Crippen molar-refractivity contribution in [3.63, 3.8) is 0 Å². The van der Waals surface area contributed by atoms with Crippen LogP contribution in [0, 0.1) is 5.82 Å². The molecule has 3 rings (SSSR count). The molecule has 2 aromatic carbocycles. The zero-order chi connectivity index (χ0) is 17.1. The molecule has 0 amide bonds. The summed E-state index contributed by atoms with van der Waals surface area (Å²) in [5.41, 5.74) is 2.18. The molecule has 0 spiro atoms. The smallest absolute Gasteiger partial charge is 0.344 e. The number of aryl methyl sites for hydroxylation is 1. The average molecular weight is 330 g/mol. The molecule has 126 valence electrons. The second-order valence-corrected chi connectivity index (χ2v) is 5.97. The number of hydrogen-bond acceptors (Lipinski definition) is 3. The lowest BCUT2D eigenvalue weighted by atomic mass is 9.89. The van der Waals surface area contributed by atoms with Gasteiger partial charge in [-0.1, -0.05) is 6.07 Å². The first-order valence-electron chi connectivity index (χ1n) is 7.95. The van der Waals surface area contributed by atoms with Crippen molar-refractivity contribution >= 4 is 5.97 Å². The summed E-state index contributed by atoms with van der Waals surface area (Å²) in [6, 6.07) is 11.8. The van der Waals surface area contributed by atoms with Crippen LogP contribution in [-0.4, -0.2) is 23.3 Å². The average Bonchev–Trinajstić information content (AvgIpc) is 2.56. The molecule has 0 radical (unpaired) electrons. The second-order valence-electron chi connectivity index (χ2n) is 5.97. The SMILES string of the molecule is CC(Oc1ccc(OC2CCc3cc(F)ccc3C2)cc1)C(=O)O. The summed E-state index contributed by atoms with van der Waals surface area (Å²) in [5.74, 6) is -0.00506. The fraction of sp³-hybridized carbons (Fsp3) is 0.316. The van der Waals surface area contributed by atoms with E-state index in [0.29, 0.717) is 11.5 Å². The maximum absolute atomic E-state index is 13.2. The summed E-state index contributed by atoms with van der Waals surface area (Å²) in [4.78, 5) is 10.8. The molecule has 0 heterocycles. The molecule has 2 atom stereocenters. The molecular weight excluding hydrogens is 311 g/mol. The minimum atomic E-state index is -1.01. The van der Waals surface area contributed by atoms with Crippen molar-refractivity contribution in [3.8, 4) is 11.5 Å². The Bertz CT molecular complexity index is 727. The lowest BCUT2D eigenvalue weighted by molar-refractivity contribution is -0.144. The second kappa shape index (κ2) is 6.91. The standard InChI is InChI=1S/C19H19FO4/c1-12(19(21)22)23-16-6-8-17(9-7-16)24-18-5-3-13-10-15(20)4-2-14(13)11-18/h2,4,6-10,12,18H,3,5,11H2,1H3,(H,21,22). The van der Waals surface area contributed by atoms with Gasteiger partial charge < -0.3 is 14.6 Å². The molecule has 2 unspecified atom stereocenters. The van der Waals surface area contributed by atoms with E-state index in [0.717, 1.165) is 30.4 Å². The maximum atomic E-state index is 13.2. The Kier molecular flexibility index (Phi) is 4.69. The Labute approximate surface area is 139 Å². The monoisotopic (exact) mass is 330 g/mol. The fourth-order valence-corrected chi connectivity index (χ4v) is 2.83. The van der Waals surface area contributed by atoms with Crippen LogP contribution in [0.2, 0.25) is 0 Å². The topological polar surface area (TPSA) is 55.8 Å². The van der Waals surface area contributed by atoms with Crippen molar-refractivity contribution in [1.29, 1.82) is 0 Å². The molecule has 4 nitrogen and oxygen atoms in total. The van der Waals surface area contributed by atoms with Gasteiger partial charge in [-0.25, -0.2) is 9.18 Å². The third-order valence-electron chi connectivity index (χ3n) is 4.14. The van der Waals surface area contributed by atoms with Crippen LogP contribution in [0.4, 0.5) is 4.39 Å². The van der Waals surface area contributed by atoms with Gasteiger partial charge in [0.1, 0.15) is 23.4 Å². The lowest BCUT2D eigenvalue weighted by Crippen LogP contribution is -2.25. The first-order chi connectivity index (χ1) is 11.5. The zero-order valence-corrected chi connectivity index (χ0v) is 13.4. The van der Waals surface area contributed by atoms with E-state index >= 15 is 0 Å². The van der Waals surface area contributed by atoms with Crippen LogP contribution in [0.15, 0.2) is 42.5 Å². The van der Waals surface area contributed by atoms with Crippen molar-refractivity contribution in [1.82, 2.24) is 0 Å². The van der Waals surface area contributed by atoms with Gasteiger partial charge in [-0.2, -0.15) is 0 Å². The van der Waals surface area contributed by atoms with Gasteiger partial charge in [0.15, 0.2) is 6.10 Å². The van der Waals surface area contributed by atoms with Crippen LogP contribution < -0.4 is 9.47 Å². The van der Waals surface area contributed by atoms with E-state index in [1.807, 2.05) is 6.07 Å². The summed E-state index contributed by atoms with van der Waals surface area (Å²) >= 11 is 0. The first-order valence-corrected chi connectivity index (χ1v) is 7.95. The number of rotatable bonds is 5. The summed E-state index contributed by atoms with van der Waals surface area (Å²) in [5, 5.41) is 8.84. The quantitative estimate of drug-likeness (QED) is 0.910. The Morgan fingerprint density at radius 2 is 1.88 bits per heavy atom. The predicted molar refractivity (Wildman–Crippen MR) is 87.0 cm³/mol. The van der Waals surface area contributed by atoms with Gasteiger partial charge in [-0.05, 0) is 67.3 Å². The molecule has 0 aromatic heterocycles. The summed E-state index contributed by atoms with van der Waals surface area (Å²) in [7, 11) is 0. The minimum Gasteiger partial charge on any atom is -0.490 e. The first kappa shape index (κ1) is 16.3. The van der Waals surface area contributed by atoms with E-state index in [2.05, 4.69) is 0 Å². The van der Waals surface area contributed by atoms with Gasteiger partial charge in [0.05, 0.1) is 0 Å². The van der Waals surface area contributed by atoms with E-state index in [1.54, 1.807) is 30.3 Å². The van der Waals surface area contributed by atoms with Crippen LogP contribution in [-0.2, 0) is 17.6 Å². The fourth-order valence-electron chi connectivity index (χ4n) is 2.83. The minimum absolute atomic E-state index is 0.0488. The van der Waals surface area contributed by atoms with Gasteiger partial charge in [-0.3, -0.25) is 0 Å². The lowest BCUT2D eigenvalue weighted by Gasteiger charge is -2.25. The number of benzene rings is 2. The number of fused-ring (bicyclic) bond motifs is 1. The highest BCUT2D eigenvalue weighted by Crippen LogP contribution is 2.26. The number of hydrogen-bond donors (Lipinski definition) is 1. The molecule has 0 saturated carbocycles. The molecular formula is C19H19FO4. The number of carboxylic acid groups (broad SMARTS) is 1. The molecule has 1 aliphatic rings. The summed E-state index contributed by atoms with van der Waals surface area (Å²) in [6.07, 6.45) is 1.55. The Hall–Kier alpha value is -2.56. The third-order valence-corrected chi connectivity index (χ3v) is 4.14. The molecule has 2 aromatic rings. The highest BCUT2D eigenvalue weighted by Gasteiger charge is 2.20. The van der Waals surface area contributed by atoms with Crippen molar-refractivity contribution < 1.29 is 23.8 Å². The van der Waals surface area contributed by atoms with Crippen molar-refractivity contribution in [2.45, 2.75) is 38.4 Å². The molecule has 0 saturated heterocycles. The van der Waals surface area contributed by atoms with Gasteiger partial charge in [0, 0.05) is 6.42 Å². The molecule has 1 N–H and O–H groups in total. The van der Waals surface area contributed by atoms with E-state index in [4.69, 9.17) is 14.6 Å². The molecule has 24 heavy (non-hydrogen) atoms. The van der Waals surface area contributed by atoms with Gasteiger partial charge in [-0.15, -0.1) is 0 Å². The van der Waals surface area contributed by atoms with Crippen LogP contribution in [0.5, 0.6) is 11.5 Å². The molecule has 5 heteroatoms. The number of carboxylic acids is 1. The zero-order valence-electron chi connectivity index (χ0n) is 13.4. The summed E-state index contributed by atoms with van der Waals surface area (Å²) < 4.78 is 24.5. The van der Waals surface area contributed by atoms with Crippen LogP contribution in [0.25, 0.3) is 0 Å². The van der Waals surface area contributed by atoms with Crippen LogP contribution in [0.1, 0.15) is 24.5 Å². The van der Waals surface area contributed by atoms with Crippen molar-refractivity contribution in [2.75, 3.05) is 0 Å². The van der Waals surface area contributed by atoms with Crippen molar-refractivity contribution in [3.05, 3.63) is 59.4 Å². The number of carbonyl (C=O) groups is 1. The van der Waals surface area contributed by atoms with Gasteiger partial charge in [0.25, 0.3) is 0 Å². The van der Waals surface area contributed by atoms with Crippen LogP contribution >= 0.6 is 0 Å². The number of ether oxygens (including phenoxy) is 2. The maximum Gasteiger partial charge on any atom is 0.344 e. The molecule has 1 aliphatic carbocycles. The van der Waals surface area contributed by atoms with E-state index in [9.17, 15) is 9.18 Å². The van der Waals surface area contributed by atoms with E-state index in [1.165, 1.54) is 13.0 Å². The molecule has 0 aliphatic heterocycles. The molecule has 0 bridgehead atoms. The number of aliphatic carboxylic acids is 1.